The topological polar surface area (TPSA) is 57.1 Å². The molecule has 2 aromatic carbocycles. The van der Waals surface area contributed by atoms with Crippen molar-refractivity contribution in [2.45, 2.75) is 148 Å². The molecule has 5 nitrogen and oxygen atoms in total. The highest BCUT2D eigenvalue weighted by atomic mass is 16.5. The van der Waals surface area contributed by atoms with Gasteiger partial charge in [-0.05, 0) is 137 Å². The lowest BCUT2D eigenvalue weighted by atomic mass is 9.87. The minimum absolute atomic E-state index is 0.201. The Bertz CT molecular complexity index is 1660. The zero-order chi connectivity index (χ0) is 44.8. The molecule has 3 aromatic heterocycles. The van der Waals surface area contributed by atoms with Crippen LogP contribution in [0.4, 0.5) is 0 Å². The highest BCUT2D eigenvalue weighted by Gasteiger charge is 2.15. The van der Waals surface area contributed by atoms with Gasteiger partial charge in [0.15, 0.2) is 0 Å². The van der Waals surface area contributed by atoms with Crippen molar-refractivity contribution in [2.75, 3.05) is 13.2 Å². The molecule has 0 aliphatic heterocycles. The summed E-state index contributed by atoms with van der Waals surface area (Å²) in [6.45, 7) is 38.8. The number of rotatable bonds is 7. The van der Waals surface area contributed by atoms with Gasteiger partial charge in [-0.2, -0.15) is 0 Å². The van der Waals surface area contributed by atoms with Gasteiger partial charge in [-0.1, -0.05) is 140 Å². The molecule has 5 heteroatoms. The van der Waals surface area contributed by atoms with Crippen LogP contribution in [0.5, 0.6) is 11.5 Å². The summed E-state index contributed by atoms with van der Waals surface area (Å²) in [7, 11) is 0. The molecule has 0 bridgehead atoms. The number of benzene rings is 2. The molecule has 0 aliphatic rings. The summed E-state index contributed by atoms with van der Waals surface area (Å²) in [6.07, 6.45) is 12.6. The molecule has 0 spiro atoms. The predicted octanol–water partition coefficient (Wildman–Crippen LogP) is 14.8. The maximum absolute atomic E-state index is 5.44. The Balaban J connectivity index is 0.000000370. The number of ether oxygens (including phenoxy) is 2. The summed E-state index contributed by atoms with van der Waals surface area (Å²) in [5.41, 5.74) is 8.04. The standard InChI is InChI=1S/2C12H18O.3C10H15N/c1-5-13-11-8-6-10(7-9-11)12(2,3)4;1-5-13-11-8-6-7-10(9-11)12(2,3)4;1-10(2,3)8-9-4-6-11-7-5-9;1-10(2,3)7-9-5-4-6-11-8-9;1-10(2,3)8-9-6-4-5-7-11-9/h2*6-9H,5H2,1-4H3;4-7H,8H2,1-3H3;4-6,8H,7H2,1-3H3;4-7H,8H2,1-3H3. The third-order valence-electron chi connectivity index (χ3n) is 8.42. The Morgan fingerprint density at radius 1 is 0.424 bits per heavy atom. The molecule has 0 unspecified atom stereocenters. The average molecular weight is 804 g/mol. The van der Waals surface area contributed by atoms with E-state index in [1.54, 1.807) is 0 Å². The minimum Gasteiger partial charge on any atom is -0.494 e. The van der Waals surface area contributed by atoms with E-state index in [9.17, 15) is 0 Å². The van der Waals surface area contributed by atoms with Crippen molar-refractivity contribution in [1.82, 2.24) is 15.0 Å². The van der Waals surface area contributed by atoms with Crippen LogP contribution >= 0.6 is 0 Å². The van der Waals surface area contributed by atoms with E-state index in [1.807, 2.05) is 87.3 Å². The number of hydrogen-bond donors (Lipinski definition) is 0. The van der Waals surface area contributed by atoms with Crippen LogP contribution < -0.4 is 9.47 Å². The molecule has 5 rings (SSSR count). The third kappa shape index (κ3) is 27.0. The Kier molecular flexibility index (Phi) is 22.4. The van der Waals surface area contributed by atoms with Crippen molar-refractivity contribution in [3.05, 3.63) is 150 Å². The minimum atomic E-state index is 0.201. The van der Waals surface area contributed by atoms with Crippen molar-refractivity contribution < 1.29 is 9.47 Å². The molecule has 0 saturated carbocycles. The van der Waals surface area contributed by atoms with Gasteiger partial charge in [0.25, 0.3) is 0 Å². The fourth-order valence-corrected chi connectivity index (χ4v) is 5.71. The van der Waals surface area contributed by atoms with Crippen LogP contribution in [0.15, 0.2) is 122 Å². The van der Waals surface area contributed by atoms with Gasteiger partial charge in [0, 0.05) is 36.7 Å². The zero-order valence-corrected chi connectivity index (χ0v) is 40.2. The molecular weight excluding hydrogens is 723 g/mol. The summed E-state index contributed by atoms with van der Waals surface area (Å²) in [5.74, 6) is 1.92. The first-order valence-corrected chi connectivity index (χ1v) is 21.5. The largest absolute Gasteiger partial charge is 0.494 e. The van der Waals surface area contributed by atoms with Crippen LogP contribution in [-0.4, -0.2) is 28.2 Å². The molecule has 0 aliphatic carbocycles. The molecule has 0 fully saturated rings. The predicted molar refractivity (Wildman–Crippen MR) is 255 cm³/mol. The normalized spacial score (nSPS) is 11.5. The van der Waals surface area contributed by atoms with Crippen LogP contribution in [0.2, 0.25) is 0 Å². The SMILES string of the molecule is CC(C)(C)Cc1ccccn1.CC(C)(C)Cc1cccnc1.CC(C)(C)Cc1ccncc1.CCOc1ccc(C(C)(C)C)cc1.CCOc1cccc(C(C)(C)C)c1. The van der Waals surface area contributed by atoms with Crippen LogP contribution in [0.25, 0.3) is 0 Å². The number of nitrogens with zero attached hydrogens (tertiary/aromatic N) is 3. The highest BCUT2D eigenvalue weighted by molar-refractivity contribution is 5.33. The number of pyridine rings is 3. The second kappa shape index (κ2) is 25.2. The number of hydrogen-bond acceptors (Lipinski definition) is 5. The monoisotopic (exact) mass is 804 g/mol. The summed E-state index contributed by atoms with van der Waals surface area (Å²) >= 11 is 0. The smallest absolute Gasteiger partial charge is 0.119 e. The van der Waals surface area contributed by atoms with Crippen molar-refractivity contribution in [3.8, 4) is 11.5 Å². The van der Waals surface area contributed by atoms with E-state index in [1.165, 1.54) is 27.9 Å². The quantitative estimate of drug-likeness (QED) is 0.164. The van der Waals surface area contributed by atoms with Crippen molar-refractivity contribution in [2.24, 2.45) is 16.2 Å². The van der Waals surface area contributed by atoms with E-state index in [2.05, 4.69) is 167 Å². The Labute approximate surface area is 361 Å². The molecule has 0 saturated heterocycles. The molecular formula is C54H81N3O2. The third-order valence-corrected chi connectivity index (χ3v) is 8.42. The Morgan fingerprint density at radius 2 is 0.966 bits per heavy atom. The number of aromatic nitrogens is 3. The fourth-order valence-electron chi connectivity index (χ4n) is 5.71. The van der Waals surface area contributed by atoms with Gasteiger partial charge in [0.2, 0.25) is 0 Å². The van der Waals surface area contributed by atoms with Crippen molar-refractivity contribution in [1.29, 1.82) is 0 Å². The second-order valence-corrected chi connectivity index (χ2v) is 20.7. The van der Waals surface area contributed by atoms with E-state index in [-0.39, 0.29) is 10.8 Å². The summed E-state index contributed by atoms with van der Waals surface area (Å²) in [6, 6.07) is 30.9. The Morgan fingerprint density at radius 3 is 1.42 bits per heavy atom. The lowest BCUT2D eigenvalue weighted by Gasteiger charge is -2.19. The zero-order valence-electron chi connectivity index (χ0n) is 40.2. The van der Waals surface area contributed by atoms with Gasteiger partial charge in [-0.3, -0.25) is 15.0 Å². The molecule has 0 radical (unpaired) electrons. The molecule has 324 valence electrons. The summed E-state index contributed by atoms with van der Waals surface area (Å²) < 4.78 is 10.8. The van der Waals surface area contributed by atoms with Crippen molar-refractivity contribution >= 4 is 0 Å². The summed E-state index contributed by atoms with van der Waals surface area (Å²) in [5, 5.41) is 0. The average Bonchev–Trinajstić information content (AvgIpc) is 3.12. The maximum Gasteiger partial charge on any atom is 0.119 e. The maximum atomic E-state index is 5.44. The van der Waals surface area contributed by atoms with Gasteiger partial charge >= 0.3 is 0 Å². The lowest BCUT2D eigenvalue weighted by Crippen LogP contribution is -2.10. The highest BCUT2D eigenvalue weighted by Crippen LogP contribution is 2.26. The molecule has 0 N–H and O–H groups in total. The van der Waals surface area contributed by atoms with Gasteiger partial charge < -0.3 is 9.47 Å². The van der Waals surface area contributed by atoms with E-state index < -0.39 is 0 Å². The van der Waals surface area contributed by atoms with Gasteiger partial charge in [-0.25, -0.2) is 0 Å². The van der Waals surface area contributed by atoms with Crippen LogP contribution in [-0.2, 0) is 30.1 Å². The Hall–Kier alpha value is -4.51. The van der Waals surface area contributed by atoms with E-state index in [0.717, 1.165) is 44.0 Å². The molecule has 59 heavy (non-hydrogen) atoms. The van der Waals surface area contributed by atoms with Crippen LogP contribution in [0, 0.1) is 16.2 Å². The fraction of sp³-hybridized carbons (Fsp3) is 0.500. The molecule has 3 heterocycles. The second-order valence-electron chi connectivity index (χ2n) is 20.7. The first kappa shape index (κ1) is 52.5. The van der Waals surface area contributed by atoms with E-state index in [4.69, 9.17) is 9.47 Å². The van der Waals surface area contributed by atoms with Crippen LogP contribution in [0.1, 0.15) is 146 Å². The van der Waals surface area contributed by atoms with Gasteiger partial charge in [0.1, 0.15) is 11.5 Å². The molecule has 0 amide bonds. The van der Waals surface area contributed by atoms with Crippen molar-refractivity contribution in [3.63, 3.8) is 0 Å². The molecule has 5 aromatic rings. The van der Waals surface area contributed by atoms with Crippen LogP contribution in [0.3, 0.4) is 0 Å². The summed E-state index contributed by atoms with van der Waals surface area (Å²) in [4.78, 5) is 12.3. The van der Waals surface area contributed by atoms with E-state index in [0.29, 0.717) is 16.2 Å². The van der Waals surface area contributed by atoms with Gasteiger partial charge in [0.05, 0.1) is 13.2 Å². The van der Waals surface area contributed by atoms with Gasteiger partial charge in [-0.15, -0.1) is 0 Å². The first-order chi connectivity index (χ1) is 27.3. The van der Waals surface area contributed by atoms with E-state index >= 15 is 0 Å². The lowest BCUT2D eigenvalue weighted by molar-refractivity contribution is 0.339. The first-order valence-electron chi connectivity index (χ1n) is 21.5. The molecule has 0 atom stereocenters.